The number of rotatable bonds is 7. The topological polar surface area (TPSA) is 29.5 Å². The largest absolute Gasteiger partial charge is 0.497 e. The van der Waals surface area contributed by atoms with Crippen molar-refractivity contribution in [2.45, 2.75) is 38.5 Å². The van der Waals surface area contributed by atoms with Gasteiger partial charge in [-0.1, -0.05) is 42.5 Å². The van der Waals surface area contributed by atoms with E-state index < -0.39 is 0 Å². The molecule has 3 heteroatoms. The molecule has 0 radical (unpaired) electrons. The molecule has 0 unspecified atom stereocenters. The van der Waals surface area contributed by atoms with Crippen molar-refractivity contribution in [3.8, 4) is 5.75 Å². The van der Waals surface area contributed by atoms with Crippen LogP contribution in [0.5, 0.6) is 5.75 Å². The zero-order valence-electron chi connectivity index (χ0n) is 15.7. The fraction of sp³-hybridized carbons (Fsp3) is 0.435. The Morgan fingerprint density at radius 1 is 0.962 bits per heavy atom. The number of piperidine rings is 1. The van der Waals surface area contributed by atoms with Crippen LogP contribution in [0.4, 0.5) is 0 Å². The minimum atomic E-state index is 0.294. The van der Waals surface area contributed by atoms with Gasteiger partial charge < -0.3 is 9.64 Å². The molecule has 1 heterocycles. The van der Waals surface area contributed by atoms with E-state index >= 15 is 0 Å². The van der Waals surface area contributed by atoms with Crippen molar-refractivity contribution in [1.82, 2.24) is 4.90 Å². The second-order valence-electron chi connectivity index (χ2n) is 7.20. The second-order valence-corrected chi connectivity index (χ2v) is 7.20. The van der Waals surface area contributed by atoms with Crippen molar-refractivity contribution in [2.24, 2.45) is 5.92 Å². The fourth-order valence-corrected chi connectivity index (χ4v) is 3.69. The second kappa shape index (κ2) is 9.42. The first kappa shape index (κ1) is 18.5. The third-order valence-electron chi connectivity index (χ3n) is 5.44. The molecule has 1 fully saturated rings. The lowest BCUT2D eigenvalue weighted by atomic mass is 9.90. The number of methoxy groups -OCH3 is 1. The van der Waals surface area contributed by atoms with Gasteiger partial charge in [-0.15, -0.1) is 0 Å². The van der Waals surface area contributed by atoms with Crippen LogP contribution in [-0.4, -0.2) is 31.0 Å². The van der Waals surface area contributed by atoms with Crippen molar-refractivity contribution < 1.29 is 9.53 Å². The maximum absolute atomic E-state index is 12.5. The first-order valence-electron chi connectivity index (χ1n) is 9.69. The normalized spacial score (nSPS) is 15.0. The number of carbonyl (C=O) groups is 1. The summed E-state index contributed by atoms with van der Waals surface area (Å²) < 4.78 is 5.17. The molecule has 1 aliphatic heterocycles. The van der Waals surface area contributed by atoms with Crippen LogP contribution in [0.25, 0.3) is 0 Å². The van der Waals surface area contributed by atoms with Gasteiger partial charge in [-0.2, -0.15) is 0 Å². The van der Waals surface area contributed by atoms with E-state index in [1.54, 1.807) is 7.11 Å². The van der Waals surface area contributed by atoms with Gasteiger partial charge in [0.05, 0.1) is 7.11 Å². The molecular formula is C23H29NO2. The highest BCUT2D eigenvalue weighted by molar-refractivity contribution is 5.76. The summed E-state index contributed by atoms with van der Waals surface area (Å²) in [4.78, 5) is 14.5. The van der Waals surface area contributed by atoms with Gasteiger partial charge in [-0.05, 0) is 61.3 Å². The van der Waals surface area contributed by atoms with Crippen LogP contribution >= 0.6 is 0 Å². The Morgan fingerprint density at radius 2 is 1.62 bits per heavy atom. The Morgan fingerprint density at radius 3 is 2.27 bits per heavy atom. The number of benzene rings is 2. The highest BCUT2D eigenvalue weighted by Crippen LogP contribution is 2.23. The predicted octanol–water partition coefficient (Wildman–Crippen LogP) is 4.50. The van der Waals surface area contributed by atoms with Crippen molar-refractivity contribution >= 4 is 5.91 Å². The number of carbonyl (C=O) groups excluding carboxylic acids is 1. The molecule has 26 heavy (non-hydrogen) atoms. The molecule has 0 aromatic heterocycles. The first-order chi connectivity index (χ1) is 12.7. The SMILES string of the molecule is COc1ccc(CCC(=O)N2CCC(CCc3ccccc3)CC2)cc1. The molecule has 3 nitrogen and oxygen atoms in total. The Balaban J connectivity index is 1.37. The van der Waals surface area contributed by atoms with Crippen molar-refractivity contribution in [1.29, 1.82) is 0 Å². The van der Waals surface area contributed by atoms with Crippen LogP contribution in [0.2, 0.25) is 0 Å². The number of nitrogens with zero attached hydrogens (tertiary/aromatic N) is 1. The van der Waals surface area contributed by atoms with Crippen molar-refractivity contribution in [2.75, 3.05) is 20.2 Å². The number of likely N-dealkylation sites (tertiary alicyclic amines) is 1. The summed E-state index contributed by atoms with van der Waals surface area (Å²) in [7, 11) is 1.67. The average Bonchev–Trinajstić information content (AvgIpc) is 2.72. The van der Waals surface area contributed by atoms with Gasteiger partial charge in [0.25, 0.3) is 0 Å². The first-order valence-corrected chi connectivity index (χ1v) is 9.69. The monoisotopic (exact) mass is 351 g/mol. The Hall–Kier alpha value is -2.29. The van der Waals surface area contributed by atoms with Crippen molar-refractivity contribution in [3.05, 3.63) is 65.7 Å². The lowest BCUT2D eigenvalue weighted by Gasteiger charge is -2.32. The molecule has 0 saturated carbocycles. The smallest absolute Gasteiger partial charge is 0.222 e. The molecule has 3 rings (SSSR count). The van der Waals surface area contributed by atoms with Crippen LogP contribution in [0.15, 0.2) is 54.6 Å². The predicted molar refractivity (Wildman–Crippen MR) is 105 cm³/mol. The van der Waals surface area contributed by atoms with Gasteiger partial charge in [0.15, 0.2) is 0 Å². The third kappa shape index (κ3) is 5.35. The van der Waals surface area contributed by atoms with E-state index in [1.165, 1.54) is 17.5 Å². The van der Waals surface area contributed by atoms with Gasteiger partial charge in [0, 0.05) is 19.5 Å². The quantitative estimate of drug-likeness (QED) is 0.735. The molecule has 138 valence electrons. The summed E-state index contributed by atoms with van der Waals surface area (Å²) in [6.45, 7) is 1.84. The highest BCUT2D eigenvalue weighted by atomic mass is 16.5. The molecule has 0 N–H and O–H groups in total. The van der Waals surface area contributed by atoms with Crippen molar-refractivity contribution in [3.63, 3.8) is 0 Å². The molecule has 0 atom stereocenters. The van der Waals surface area contributed by atoms with Crippen LogP contribution in [-0.2, 0) is 17.6 Å². The number of aryl methyl sites for hydroxylation is 2. The summed E-state index contributed by atoms with van der Waals surface area (Å²) in [6, 6.07) is 18.7. The summed E-state index contributed by atoms with van der Waals surface area (Å²) >= 11 is 0. The van der Waals surface area contributed by atoms with Crippen LogP contribution in [0, 0.1) is 5.92 Å². The Bertz CT molecular complexity index is 673. The Labute approximate surface area is 157 Å². The van der Waals surface area contributed by atoms with E-state index in [0.29, 0.717) is 12.3 Å². The average molecular weight is 351 g/mol. The van der Waals surface area contributed by atoms with E-state index in [2.05, 4.69) is 35.2 Å². The molecule has 1 saturated heterocycles. The van der Waals surface area contributed by atoms with E-state index in [9.17, 15) is 4.79 Å². The lowest BCUT2D eigenvalue weighted by molar-refractivity contribution is -0.132. The van der Waals surface area contributed by atoms with E-state index in [-0.39, 0.29) is 0 Å². The van der Waals surface area contributed by atoms with Gasteiger partial charge in [0.2, 0.25) is 5.91 Å². The molecule has 2 aromatic rings. The minimum absolute atomic E-state index is 0.294. The molecule has 2 aromatic carbocycles. The fourth-order valence-electron chi connectivity index (χ4n) is 3.69. The molecule has 0 aliphatic carbocycles. The summed E-state index contributed by atoms with van der Waals surface area (Å²) in [6.07, 6.45) is 6.06. The van der Waals surface area contributed by atoms with E-state index in [0.717, 1.165) is 50.4 Å². The maximum Gasteiger partial charge on any atom is 0.222 e. The zero-order chi connectivity index (χ0) is 18.2. The minimum Gasteiger partial charge on any atom is -0.497 e. The number of ether oxygens (including phenoxy) is 1. The molecule has 1 aliphatic rings. The molecule has 1 amide bonds. The number of hydrogen-bond donors (Lipinski definition) is 0. The van der Waals surface area contributed by atoms with Gasteiger partial charge in [-0.3, -0.25) is 4.79 Å². The van der Waals surface area contributed by atoms with E-state index in [4.69, 9.17) is 4.74 Å². The zero-order valence-corrected chi connectivity index (χ0v) is 15.7. The summed E-state index contributed by atoms with van der Waals surface area (Å²) in [5, 5.41) is 0. The van der Waals surface area contributed by atoms with Gasteiger partial charge >= 0.3 is 0 Å². The molecule has 0 spiro atoms. The van der Waals surface area contributed by atoms with Gasteiger partial charge in [-0.25, -0.2) is 0 Å². The molecular weight excluding hydrogens is 322 g/mol. The van der Waals surface area contributed by atoms with Crippen LogP contribution < -0.4 is 4.74 Å². The highest BCUT2D eigenvalue weighted by Gasteiger charge is 2.22. The van der Waals surface area contributed by atoms with E-state index in [1.807, 2.05) is 24.3 Å². The van der Waals surface area contributed by atoms with Crippen LogP contribution in [0.1, 0.15) is 36.8 Å². The van der Waals surface area contributed by atoms with Crippen LogP contribution in [0.3, 0.4) is 0 Å². The maximum atomic E-state index is 12.5. The Kier molecular flexibility index (Phi) is 6.70. The standard InChI is InChI=1S/C23H29NO2/c1-26-22-12-9-20(10-13-22)11-14-23(25)24-17-15-21(16-18-24)8-7-19-5-3-2-4-6-19/h2-6,9-10,12-13,21H,7-8,11,14-18H2,1H3. The summed E-state index contributed by atoms with van der Waals surface area (Å²) in [5.74, 6) is 1.90. The van der Waals surface area contributed by atoms with Gasteiger partial charge in [0.1, 0.15) is 5.75 Å². The summed E-state index contributed by atoms with van der Waals surface area (Å²) in [5.41, 5.74) is 2.61. The number of hydrogen-bond acceptors (Lipinski definition) is 2. The molecule has 0 bridgehead atoms. The third-order valence-corrected chi connectivity index (χ3v) is 5.44. The lowest BCUT2D eigenvalue weighted by Crippen LogP contribution is -2.38. The number of amides is 1.